The van der Waals surface area contributed by atoms with Crippen LogP contribution >= 0.6 is 23.1 Å². The maximum Gasteiger partial charge on any atom is 0.197 e. The fraction of sp³-hybridized carbons (Fsp3) is 0.438. The van der Waals surface area contributed by atoms with E-state index in [4.69, 9.17) is 0 Å². The Morgan fingerprint density at radius 3 is 3.18 bits per heavy atom. The number of aryl methyl sites for hydroxylation is 1. The Kier molecular flexibility index (Phi) is 3.46. The average molecular weight is 330 g/mol. The van der Waals surface area contributed by atoms with Crippen LogP contribution in [0.4, 0.5) is 0 Å². The Bertz CT molecular complexity index is 877. The van der Waals surface area contributed by atoms with Crippen LogP contribution in [0.25, 0.3) is 15.9 Å². The van der Waals surface area contributed by atoms with E-state index in [0.29, 0.717) is 0 Å². The molecule has 114 valence electrons. The van der Waals surface area contributed by atoms with Crippen molar-refractivity contribution >= 4 is 39.0 Å². The summed E-state index contributed by atoms with van der Waals surface area (Å²) < 4.78 is 2.03. The van der Waals surface area contributed by atoms with Gasteiger partial charge in [-0.25, -0.2) is 4.98 Å². The Balaban J connectivity index is 1.87. The number of thiophene rings is 1. The Hall–Kier alpha value is -1.40. The zero-order valence-corrected chi connectivity index (χ0v) is 14.4. The van der Waals surface area contributed by atoms with Crippen molar-refractivity contribution in [2.45, 2.75) is 38.3 Å². The normalized spacial score (nSPS) is 18.0. The highest BCUT2D eigenvalue weighted by Gasteiger charge is 2.23. The van der Waals surface area contributed by atoms with Crippen LogP contribution in [0.15, 0.2) is 23.6 Å². The third kappa shape index (κ3) is 2.25. The van der Waals surface area contributed by atoms with Gasteiger partial charge in [0, 0.05) is 10.6 Å². The van der Waals surface area contributed by atoms with Crippen LogP contribution in [-0.4, -0.2) is 25.3 Å². The molecule has 0 saturated heterocycles. The van der Waals surface area contributed by atoms with Gasteiger partial charge in [0.2, 0.25) is 0 Å². The summed E-state index contributed by atoms with van der Waals surface area (Å²) in [5, 5.41) is 10.9. The quantitative estimate of drug-likeness (QED) is 0.535. The minimum Gasteiger partial charge on any atom is -0.260 e. The number of thioether (sulfide) groups is 1. The molecule has 0 spiro atoms. The van der Waals surface area contributed by atoms with Crippen LogP contribution in [0.2, 0.25) is 0 Å². The highest BCUT2D eigenvalue weighted by atomic mass is 32.2. The molecule has 3 aromatic heterocycles. The summed E-state index contributed by atoms with van der Waals surface area (Å²) in [5.41, 5.74) is 3.55. The van der Waals surface area contributed by atoms with Crippen LogP contribution in [0, 0.1) is 5.92 Å². The predicted molar refractivity (Wildman–Crippen MR) is 92.9 cm³/mol. The van der Waals surface area contributed by atoms with E-state index in [1.54, 1.807) is 11.8 Å². The minimum atomic E-state index is 0.774. The maximum atomic E-state index is 4.67. The van der Waals surface area contributed by atoms with E-state index < -0.39 is 0 Å². The number of nitrogens with zero attached hydrogens (tertiary/aromatic N) is 4. The standard InChI is InChI=1S/C16H18N4S2/c1-9(2)7-21-16-19-18-14-13-11-5-4-10(3)6-12(11)22-15(13)17-8-20(14)16/h8,10H,1,4-7H2,2-3H3/t10-/m1/s1. The van der Waals surface area contributed by atoms with E-state index in [2.05, 4.69) is 28.7 Å². The number of hydrogen-bond donors (Lipinski definition) is 0. The van der Waals surface area contributed by atoms with Crippen molar-refractivity contribution < 1.29 is 0 Å². The number of rotatable bonds is 3. The smallest absolute Gasteiger partial charge is 0.197 e. The molecule has 4 nitrogen and oxygen atoms in total. The SMILES string of the molecule is C=C(C)CSc1nnc2c3c4c(sc3ncn12)C[C@H](C)CC4. The zero-order valence-electron chi connectivity index (χ0n) is 12.8. The summed E-state index contributed by atoms with van der Waals surface area (Å²) in [6.07, 6.45) is 5.43. The molecule has 0 aromatic carbocycles. The second kappa shape index (κ2) is 5.35. The zero-order chi connectivity index (χ0) is 15.3. The third-order valence-electron chi connectivity index (χ3n) is 4.12. The molecule has 1 aliphatic carbocycles. The lowest BCUT2D eigenvalue weighted by Gasteiger charge is -2.17. The van der Waals surface area contributed by atoms with Gasteiger partial charge in [-0.15, -0.1) is 21.5 Å². The van der Waals surface area contributed by atoms with Crippen molar-refractivity contribution in [2.75, 3.05) is 5.75 Å². The summed E-state index contributed by atoms with van der Waals surface area (Å²) >= 11 is 3.50. The molecule has 0 radical (unpaired) electrons. The number of fused-ring (bicyclic) bond motifs is 5. The van der Waals surface area contributed by atoms with Crippen LogP contribution < -0.4 is 0 Å². The monoisotopic (exact) mass is 330 g/mol. The molecule has 0 aliphatic heterocycles. The molecule has 1 atom stereocenters. The van der Waals surface area contributed by atoms with Crippen LogP contribution in [0.3, 0.4) is 0 Å². The van der Waals surface area contributed by atoms with Crippen molar-refractivity contribution in [1.29, 1.82) is 0 Å². The van der Waals surface area contributed by atoms with Gasteiger partial charge in [-0.1, -0.05) is 30.8 Å². The largest absolute Gasteiger partial charge is 0.260 e. The van der Waals surface area contributed by atoms with Crippen LogP contribution in [0.5, 0.6) is 0 Å². The van der Waals surface area contributed by atoms with E-state index in [1.165, 1.54) is 28.7 Å². The molecule has 3 heterocycles. The first kappa shape index (κ1) is 14.2. The van der Waals surface area contributed by atoms with E-state index >= 15 is 0 Å². The summed E-state index contributed by atoms with van der Waals surface area (Å²) in [7, 11) is 0. The van der Waals surface area contributed by atoms with Gasteiger partial charge in [0.1, 0.15) is 11.2 Å². The maximum absolute atomic E-state index is 4.67. The Labute approximate surface area is 137 Å². The third-order valence-corrected chi connectivity index (χ3v) is 6.46. The topological polar surface area (TPSA) is 43.1 Å². The lowest BCUT2D eigenvalue weighted by Crippen LogP contribution is -2.08. The fourth-order valence-electron chi connectivity index (χ4n) is 3.01. The molecule has 3 aromatic rings. The minimum absolute atomic E-state index is 0.774. The van der Waals surface area contributed by atoms with Gasteiger partial charge in [0.15, 0.2) is 10.8 Å². The summed E-state index contributed by atoms with van der Waals surface area (Å²) in [5.74, 6) is 1.63. The molecule has 0 unspecified atom stereocenters. The Morgan fingerprint density at radius 1 is 1.50 bits per heavy atom. The van der Waals surface area contributed by atoms with E-state index in [-0.39, 0.29) is 0 Å². The van der Waals surface area contributed by atoms with Crippen molar-refractivity contribution in [3.8, 4) is 0 Å². The predicted octanol–water partition coefficient (Wildman–Crippen LogP) is 4.13. The van der Waals surface area contributed by atoms with Gasteiger partial charge in [-0.05, 0) is 37.7 Å². The molecule has 0 bridgehead atoms. The molecule has 22 heavy (non-hydrogen) atoms. The van der Waals surface area contributed by atoms with Crippen molar-refractivity contribution in [3.63, 3.8) is 0 Å². The van der Waals surface area contributed by atoms with Gasteiger partial charge in [-0.2, -0.15) is 0 Å². The van der Waals surface area contributed by atoms with E-state index in [1.807, 2.05) is 29.0 Å². The van der Waals surface area contributed by atoms with Gasteiger partial charge in [0.25, 0.3) is 0 Å². The molecule has 0 N–H and O–H groups in total. The molecular formula is C16H18N4S2. The molecule has 0 amide bonds. The van der Waals surface area contributed by atoms with Gasteiger partial charge in [0.05, 0.1) is 5.39 Å². The van der Waals surface area contributed by atoms with Crippen LogP contribution in [-0.2, 0) is 12.8 Å². The number of hydrogen-bond acceptors (Lipinski definition) is 5. The first-order valence-electron chi connectivity index (χ1n) is 7.54. The van der Waals surface area contributed by atoms with Gasteiger partial charge < -0.3 is 0 Å². The Morgan fingerprint density at radius 2 is 2.36 bits per heavy atom. The second-order valence-electron chi connectivity index (χ2n) is 6.20. The first-order chi connectivity index (χ1) is 10.6. The van der Waals surface area contributed by atoms with E-state index in [0.717, 1.165) is 39.3 Å². The van der Waals surface area contributed by atoms with Gasteiger partial charge >= 0.3 is 0 Å². The first-order valence-corrected chi connectivity index (χ1v) is 9.35. The van der Waals surface area contributed by atoms with Crippen LogP contribution in [0.1, 0.15) is 30.7 Å². The lowest BCUT2D eigenvalue weighted by molar-refractivity contribution is 0.509. The summed E-state index contributed by atoms with van der Waals surface area (Å²) in [4.78, 5) is 7.27. The lowest BCUT2D eigenvalue weighted by atomic mass is 9.89. The summed E-state index contributed by atoms with van der Waals surface area (Å²) in [6.45, 7) is 8.31. The molecule has 6 heteroatoms. The molecule has 4 rings (SSSR count). The summed E-state index contributed by atoms with van der Waals surface area (Å²) in [6, 6.07) is 0. The average Bonchev–Trinajstić information content (AvgIpc) is 3.04. The molecule has 0 saturated carbocycles. The van der Waals surface area contributed by atoms with Crippen molar-refractivity contribution in [3.05, 3.63) is 28.9 Å². The number of aromatic nitrogens is 4. The fourth-order valence-corrected chi connectivity index (χ4v) is 5.10. The van der Waals surface area contributed by atoms with Crippen molar-refractivity contribution in [2.24, 2.45) is 5.92 Å². The highest BCUT2D eigenvalue weighted by molar-refractivity contribution is 7.99. The molecular weight excluding hydrogens is 312 g/mol. The molecule has 0 fully saturated rings. The second-order valence-corrected chi connectivity index (χ2v) is 8.22. The van der Waals surface area contributed by atoms with Gasteiger partial charge in [-0.3, -0.25) is 4.40 Å². The highest BCUT2D eigenvalue weighted by Crippen LogP contribution is 2.39. The van der Waals surface area contributed by atoms with E-state index in [9.17, 15) is 0 Å². The van der Waals surface area contributed by atoms with Crippen molar-refractivity contribution in [1.82, 2.24) is 19.6 Å². The molecule has 1 aliphatic rings.